The van der Waals surface area contributed by atoms with Crippen molar-refractivity contribution < 1.29 is 27.8 Å². The number of amides is 1. The summed E-state index contributed by atoms with van der Waals surface area (Å²) in [4.78, 5) is 23.4. The lowest BCUT2D eigenvalue weighted by Crippen LogP contribution is -2.20. The molecule has 5 nitrogen and oxygen atoms in total. The predicted octanol–water partition coefficient (Wildman–Crippen LogP) is 4.79. The number of anilines is 1. The third-order valence-corrected chi connectivity index (χ3v) is 3.45. The van der Waals surface area contributed by atoms with Crippen LogP contribution in [0, 0.1) is 0 Å². The lowest BCUT2D eigenvalue weighted by atomic mass is 10.2. The van der Waals surface area contributed by atoms with E-state index < -0.39 is 25.1 Å². The number of ether oxygens (including phenoxy) is 2. The largest absolute Gasteiger partial charge is 0.452 e. The Balaban J connectivity index is 1.81. The molecule has 0 bridgehead atoms. The molecular weight excluding hydrogens is 403 g/mol. The van der Waals surface area contributed by atoms with Crippen molar-refractivity contribution in [2.75, 3.05) is 11.9 Å². The molecule has 27 heavy (non-hydrogen) atoms. The first kappa shape index (κ1) is 20.7. The van der Waals surface area contributed by atoms with Crippen molar-refractivity contribution in [2.45, 2.75) is 6.61 Å². The van der Waals surface area contributed by atoms with Crippen molar-refractivity contribution in [3.63, 3.8) is 0 Å². The Hall–Kier alpha value is -2.64. The first-order chi connectivity index (χ1) is 12.8. The second kappa shape index (κ2) is 9.89. The topological polar surface area (TPSA) is 64.6 Å². The van der Waals surface area contributed by atoms with Crippen molar-refractivity contribution >= 4 is 46.8 Å². The summed E-state index contributed by atoms with van der Waals surface area (Å²) in [6.45, 7) is -3.41. The number of nitrogens with one attached hydrogen (secondary N) is 1. The van der Waals surface area contributed by atoms with Gasteiger partial charge in [-0.05, 0) is 42.0 Å². The fourth-order valence-corrected chi connectivity index (χ4v) is 2.46. The van der Waals surface area contributed by atoms with Crippen LogP contribution in [0.5, 0.6) is 5.75 Å². The van der Waals surface area contributed by atoms with E-state index in [9.17, 15) is 18.4 Å². The maximum Gasteiger partial charge on any atom is 0.387 e. The monoisotopic (exact) mass is 415 g/mol. The van der Waals surface area contributed by atoms with Crippen molar-refractivity contribution in [3.05, 3.63) is 64.1 Å². The summed E-state index contributed by atoms with van der Waals surface area (Å²) in [5.74, 6) is -1.31. The van der Waals surface area contributed by atoms with E-state index in [1.165, 1.54) is 48.5 Å². The molecule has 2 rings (SSSR count). The van der Waals surface area contributed by atoms with Crippen molar-refractivity contribution in [1.82, 2.24) is 0 Å². The molecule has 142 valence electrons. The zero-order chi connectivity index (χ0) is 19.8. The van der Waals surface area contributed by atoms with E-state index >= 15 is 0 Å². The van der Waals surface area contributed by atoms with Gasteiger partial charge in [0, 0.05) is 21.8 Å². The van der Waals surface area contributed by atoms with Crippen LogP contribution >= 0.6 is 23.2 Å². The summed E-state index contributed by atoms with van der Waals surface area (Å²) in [6, 6.07) is 10.1. The van der Waals surface area contributed by atoms with Crippen molar-refractivity contribution in [3.8, 4) is 5.75 Å². The van der Waals surface area contributed by atoms with E-state index in [4.69, 9.17) is 27.9 Å². The minimum atomic E-state index is -2.91. The van der Waals surface area contributed by atoms with Gasteiger partial charge in [0.25, 0.3) is 5.91 Å². The molecule has 0 aliphatic carbocycles. The highest BCUT2D eigenvalue weighted by Gasteiger charge is 2.07. The van der Waals surface area contributed by atoms with E-state index in [0.717, 1.165) is 6.08 Å². The Morgan fingerprint density at radius 2 is 1.70 bits per heavy atom. The molecule has 0 heterocycles. The Kier molecular flexibility index (Phi) is 7.57. The zero-order valence-corrected chi connectivity index (χ0v) is 15.1. The molecule has 0 unspecified atom stereocenters. The molecule has 0 radical (unpaired) electrons. The van der Waals surface area contributed by atoms with Gasteiger partial charge < -0.3 is 14.8 Å². The summed E-state index contributed by atoms with van der Waals surface area (Å²) in [5.41, 5.74) is 0.932. The highest BCUT2D eigenvalue weighted by Crippen LogP contribution is 2.22. The van der Waals surface area contributed by atoms with Crippen LogP contribution in [0.2, 0.25) is 10.0 Å². The van der Waals surface area contributed by atoms with Crippen LogP contribution in [-0.2, 0) is 14.3 Å². The van der Waals surface area contributed by atoms with E-state index in [2.05, 4.69) is 10.1 Å². The van der Waals surface area contributed by atoms with Gasteiger partial charge in [0.15, 0.2) is 6.61 Å². The summed E-state index contributed by atoms with van der Waals surface area (Å²) < 4.78 is 33.1. The van der Waals surface area contributed by atoms with Gasteiger partial charge >= 0.3 is 12.6 Å². The molecule has 0 saturated heterocycles. The highest BCUT2D eigenvalue weighted by molar-refractivity contribution is 6.35. The van der Waals surface area contributed by atoms with Gasteiger partial charge in [-0.15, -0.1) is 0 Å². The van der Waals surface area contributed by atoms with Gasteiger partial charge in [0.2, 0.25) is 0 Å². The molecular formula is C18H13Cl2F2NO4. The number of carbonyl (C=O) groups excluding carboxylic acids is 2. The Bertz CT molecular complexity index is 822. The first-order valence-corrected chi connectivity index (χ1v) is 8.23. The number of alkyl halides is 2. The number of halogens is 4. The number of benzene rings is 2. The molecule has 1 N–H and O–H groups in total. The predicted molar refractivity (Wildman–Crippen MR) is 98.2 cm³/mol. The molecule has 0 aliphatic heterocycles. The minimum absolute atomic E-state index is 0.00233. The molecule has 0 saturated carbocycles. The minimum Gasteiger partial charge on any atom is -0.452 e. The molecule has 0 atom stereocenters. The summed E-state index contributed by atoms with van der Waals surface area (Å²) in [7, 11) is 0. The molecule has 0 aliphatic rings. The van der Waals surface area contributed by atoms with Gasteiger partial charge in [0.05, 0.1) is 0 Å². The van der Waals surface area contributed by atoms with Gasteiger partial charge in [-0.25, -0.2) is 4.79 Å². The van der Waals surface area contributed by atoms with Crippen LogP contribution in [0.1, 0.15) is 5.56 Å². The second-order valence-corrected chi connectivity index (χ2v) is 5.97. The normalized spacial score (nSPS) is 10.9. The van der Waals surface area contributed by atoms with Crippen LogP contribution in [0.25, 0.3) is 6.08 Å². The number of hydrogen-bond donors (Lipinski definition) is 1. The molecule has 2 aromatic carbocycles. The van der Waals surface area contributed by atoms with Crippen LogP contribution in [0.15, 0.2) is 48.5 Å². The van der Waals surface area contributed by atoms with E-state index in [1.54, 1.807) is 0 Å². The fraction of sp³-hybridized carbons (Fsp3) is 0.111. The van der Waals surface area contributed by atoms with Crippen LogP contribution in [0.3, 0.4) is 0 Å². The summed E-state index contributed by atoms with van der Waals surface area (Å²) in [5, 5.41) is 3.19. The van der Waals surface area contributed by atoms with Crippen LogP contribution < -0.4 is 10.1 Å². The number of esters is 1. The van der Waals surface area contributed by atoms with E-state index in [0.29, 0.717) is 21.3 Å². The van der Waals surface area contributed by atoms with E-state index in [1.807, 2.05) is 0 Å². The maximum absolute atomic E-state index is 12.1. The second-order valence-electron chi connectivity index (χ2n) is 5.09. The number of hydrogen-bond acceptors (Lipinski definition) is 4. The lowest BCUT2D eigenvalue weighted by Gasteiger charge is -2.06. The molecule has 1 amide bonds. The van der Waals surface area contributed by atoms with Gasteiger partial charge in [0.1, 0.15) is 5.75 Å². The fourth-order valence-electron chi connectivity index (χ4n) is 1.93. The molecule has 2 aromatic rings. The smallest absolute Gasteiger partial charge is 0.387 e. The van der Waals surface area contributed by atoms with Gasteiger partial charge in [-0.1, -0.05) is 35.3 Å². The quantitative estimate of drug-likeness (QED) is 0.521. The summed E-state index contributed by atoms with van der Waals surface area (Å²) in [6.07, 6.45) is 2.51. The molecule has 0 spiro atoms. The van der Waals surface area contributed by atoms with Crippen LogP contribution in [0.4, 0.5) is 14.5 Å². The Labute approximate surface area is 163 Å². The third kappa shape index (κ3) is 7.64. The summed E-state index contributed by atoms with van der Waals surface area (Å²) >= 11 is 11.6. The number of carbonyl (C=O) groups is 2. The van der Waals surface area contributed by atoms with Crippen molar-refractivity contribution in [2.24, 2.45) is 0 Å². The van der Waals surface area contributed by atoms with Gasteiger partial charge in [-0.3, -0.25) is 4.79 Å². The Morgan fingerprint density at radius 1 is 1.07 bits per heavy atom. The number of rotatable bonds is 7. The molecule has 0 aromatic heterocycles. The molecule has 0 fully saturated rings. The first-order valence-electron chi connectivity index (χ1n) is 7.47. The average molecular weight is 416 g/mol. The third-order valence-electron chi connectivity index (χ3n) is 3.01. The van der Waals surface area contributed by atoms with Crippen LogP contribution in [-0.4, -0.2) is 25.1 Å². The maximum atomic E-state index is 12.1. The standard InChI is InChI=1S/C18H13Cl2F2NO4/c19-12-7-13(20)9-14(8-12)23-16(24)10-26-17(25)6-3-11-1-4-15(5-2-11)27-18(21)22/h1-9,18H,10H2,(H,23,24)/b6-3+. The Morgan fingerprint density at radius 3 is 2.30 bits per heavy atom. The lowest BCUT2D eigenvalue weighted by molar-refractivity contribution is -0.142. The zero-order valence-electron chi connectivity index (χ0n) is 13.6. The average Bonchev–Trinajstić information content (AvgIpc) is 2.58. The van der Waals surface area contributed by atoms with Crippen molar-refractivity contribution in [1.29, 1.82) is 0 Å². The highest BCUT2D eigenvalue weighted by atomic mass is 35.5. The van der Waals surface area contributed by atoms with Gasteiger partial charge in [-0.2, -0.15) is 8.78 Å². The van der Waals surface area contributed by atoms with E-state index in [-0.39, 0.29) is 5.75 Å². The SMILES string of the molecule is O=C(COC(=O)/C=C/c1ccc(OC(F)F)cc1)Nc1cc(Cl)cc(Cl)c1. The molecule has 9 heteroatoms.